The van der Waals surface area contributed by atoms with Gasteiger partial charge in [-0.15, -0.1) is 18.3 Å². The van der Waals surface area contributed by atoms with Crippen molar-refractivity contribution in [2.45, 2.75) is 43.4 Å². The summed E-state index contributed by atoms with van der Waals surface area (Å²) in [6, 6.07) is -0.544. The summed E-state index contributed by atoms with van der Waals surface area (Å²) in [4.78, 5) is 27.2. The normalized spacial score (nSPS) is 29.8. The van der Waals surface area contributed by atoms with Gasteiger partial charge in [0.25, 0.3) is 5.91 Å². The molecule has 0 spiro atoms. The van der Waals surface area contributed by atoms with Crippen molar-refractivity contribution in [1.82, 2.24) is 9.80 Å². The maximum atomic E-state index is 12.3. The molecule has 0 aromatic carbocycles. The number of rotatable bonds is 2. The summed E-state index contributed by atoms with van der Waals surface area (Å²) in [5.74, 6) is -0.0991. The highest BCUT2D eigenvalue weighted by molar-refractivity contribution is 8.02. The van der Waals surface area contributed by atoms with Gasteiger partial charge in [-0.3, -0.25) is 14.6 Å². The molecule has 0 aliphatic carbocycles. The van der Waals surface area contributed by atoms with E-state index in [1.807, 2.05) is 27.7 Å². The number of carbonyl (C=O) groups is 2. The minimum absolute atomic E-state index is 0.0991. The van der Waals surface area contributed by atoms with Crippen molar-refractivity contribution < 1.29 is 9.59 Å². The van der Waals surface area contributed by atoms with Gasteiger partial charge in [0.1, 0.15) is 6.04 Å². The summed E-state index contributed by atoms with van der Waals surface area (Å²) in [6.45, 7) is 11.9. The first-order valence-corrected chi connectivity index (χ1v) is 6.50. The van der Waals surface area contributed by atoms with Crippen LogP contribution < -0.4 is 0 Å². The van der Waals surface area contributed by atoms with Crippen LogP contribution in [0.25, 0.3) is 0 Å². The van der Waals surface area contributed by atoms with Crippen molar-refractivity contribution in [1.29, 1.82) is 0 Å². The number of amides is 3. The molecule has 0 bridgehead atoms. The zero-order chi connectivity index (χ0) is 13.0. The van der Waals surface area contributed by atoms with Crippen LogP contribution in [0.4, 0.5) is 4.79 Å². The predicted octanol–water partition coefficient (Wildman–Crippen LogP) is 2.07. The molecule has 0 N–H and O–H groups in total. The Morgan fingerprint density at radius 2 is 1.94 bits per heavy atom. The molecule has 2 aliphatic heterocycles. The van der Waals surface area contributed by atoms with Crippen LogP contribution in [-0.4, -0.2) is 43.9 Å². The van der Waals surface area contributed by atoms with E-state index in [4.69, 9.17) is 0 Å². The van der Waals surface area contributed by atoms with E-state index >= 15 is 0 Å². The summed E-state index contributed by atoms with van der Waals surface area (Å²) in [5.41, 5.74) is 0. The molecule has 1 unspecified atom stereocenters. The van der Waals surface area contributed by atoms with Crippen molar-refractivity contribution in [3.05, 3.63) is 12.7 Å². The van der Waals surface area contributed by atoms with E-state index in [-0.39, 0.29) is 27.6 Å². The first-order chi connectivity index (χ1) is 7.72. The molecule has 0 aromatic heterocycles. The Morgan fingerprint density at radius 3 is 2.41 bits per heavy atom. The molecule has 2 rings (SSSR count). The minimum atomic E-state index is -0.352. The third kappa shape index (κ3) is 1.59. The Labute approximate surface area is 106 Å². The second-order valence-electron chi connectivity index (χ2n) is 5.44. The average Bonchev–Trinajstić information content (AvgIpc) is 2.52. The lowest BCUT2D eigenvalue weighted by atomic mass is 10.0. The van der Waals surface area contributed by atoms with E-state index in [1.54, 1.807) is 22.7 Å². The monoisotopic (exact) mass is 254 g/mol. The van der Waals surface area contributed by atoms with Crippen LogP contribution in [0.2, 0.25) is 0 Å². The second kappa shape index (κ2) is 3.51. The molecule has 0 radical (unpaired) electrons. The first kappa shape index (κ1) is 12.5. The third-order valence-electron chi connectivity index (χ3n) is 3.26. The number of nitrogens with zero attached hydrogens (tertiary/aromatic N) is 2. The van der Waals surface area contributed by atoms with Gasteiger partial charge in [-0.2, -0.15) is 0 Å². The molecule has 94 valence electrons. The van der Waals surface area contributed by atoms with Gasteiger partial charge in [0.15, 0.2) is 0 Å². The predicted molar refractivity (Wildman–Crippen MR) is 68.7 cm³/mol. The molecular weight excluding hydrogens is 236 g/mol. The van der Waals surface area contributed by atoms with E-state index in [2.05, 4.69) is 6.58 Å². The summed E-state index contributed by atoms with van der Waals surface area (Å²) < 4.78 is -0.244. The average molecular weight is 254 g/mol. The Hall–Kier alpha value is -0.970. The van der Waals surface area contributed by atoms with E-state index in [9.17, 15) is 9.59 Å². The first-order valence-electron chi connectivity index (χ1n) is 5.68. The largest absolute Gasteiger partial charge is 0.328 e. The highest BCUT2D eigenvalue weighted by Crippen LogP contribution is 2.53. The highest BCUT2D eigenvalue weighted by Gasteiger charge is 2.63. The maximum absolute atomic E-state index is 12.3. The standard InChI is InChI=1S/C12H18N2O2S/c1-6-7-13-9(15)8-11(2,3)17-12(4,5)14(8)10(13)16/h6,8H,1,7H2,2-5H3. The summed E-state index contributed by atoms with van der Waals surface area (Å²) in [7, 11) is 0. The van der Waals surface area contributed by atoms with Crippen molar-refractivity contribution in [2.75, 3.05) is 6.54 Å². The van der Waals surface area contributed by atoms with Crippen LogP contribution in [0.5, 0.6) is 0 Å². The van der Waals surface area contributed by atoms with Crippen LogP contribution in [0.3, 0.4) is 0 Å². The summed E-state index contributed by atoms with van der Waals surface area (Å²) in [6.07, 6.45) is 1.59. The lowest BCUT2D eigenvalue weighted by molar-refractivity contribution is -0.128. The van der Waals surface area contributed by atoms with E-state index in [0.717, 1.165) is 0 Å². The van der Waals surface area contributed by atoms with Gasteiger partial charge in [0, 0.05) is 11.3 Å². The van der Waals surface area contributed by atoms with Crippen molar-refractivity contribution in [3.8, 4) is 0 Å². The number of carbonyl (C=O) groups excluding carboxylic acids is 2. The maximum Gasteiger partial charge on any atom is 0.328 e. The van der Waals surface area contributed by atoms with Gasteiger partial charge < -0.3 is 0 Å². The van der Waals surface area contributed by atoms with E-state index < -0.39 is 0 Å². The fraction of sp³-hybridized carbons (Fsp3) is 0.667. The van der Waals surface area contributed by atoms with Crippen LogP contribution in [0.15, 0.2) is 12.7 Å². The molecular formula is C12H18N2O2S. The Morgan fingerprint density at radius 1 is 1.35 bits per heavy atom. The molecule has 2 saturated heterocycles. The van der Waals surface area contributed by atoms with Gasteiger partial charge in [-0.05, 0) is 27.7 Å². The van der Waals surface area contributed by atoms with Crippen LogP contribution in [0.1, 0.15) is 27.7 Å². The number of urea groups is 1. The molecule has 4 nitrogen and oxygen atoms in total. The van der Waals surface area contributed by atoms with Crippen molar-refractivity contribution in [2.24, 2.45) is 0 Å². The topological polar surface area (TPSA) is 40.6 Å². The number of fused-ring (bicyclic) bond motifs is 1. The lowest BCUT2D eigenvalue weighted by Crippen LogP contribution is -2.45. The molecule has 17 heavy (non-hydrogen) atoms. The molecule has 2 fully saturated rings. The molecule has 1 atom stereocenters. The number of thioether (sulfide) groups is 1. The fourth-order valence-electron chi connectivity index (χ4n) is 2.79. The summed E-state index contributed by atoms with van der Waals surface area (Å²) in [5, 5.41) is 0. The zero-order valence-electron chi connectivity index (χ0n) is 10.7. The lowest BCUT2D eigenvalue weighted by Gasteiger charge is -2.28. The molecule has 0 saturated carbocycles. The zero-order valence-corrected chi connectivity index (χ0v) is 11.5. The SMILES string of the molecule is C=CCN1C(=O)C2N(C1=O)C(C)(C)SC2(C)C. The Balaban J connectivity index is 2.44. The quantitative estimate of drug-likeness (QED) is 0.559. The highest BCUT2D eigenvalue weighted by atomic mass is 32.2. The van der Waals surface area contributed by atoms with Gasteiger partial charge >= 0.3 is 6.03 Å². The Kier molecular flexibility index (Phi) is 2.58. The molecule has 2 heterocycles. The third-order valence-corrected chi connectivity index (χ3v) is 4.70. The van der Waals surface area contributed by atoms with Crippen molar-refractivity contribution >= 4 is 23.7 Å². The van der Waals surface area contributed by atoms with Gasteiger partial charge in [0.05, 0.1) is 4.87 Å². The molecule has 3 amide bonds. The number of hydrogen-bond acceptors (Lipinski definition) is 3. The van der Waals surface area contributed by atoms with E-state index in [0.29, 0.717) is 6.54 Å². The number of imide groups is 1. The van der Waals surface area contributed by atoms with Gasteiger partial charge in [0.2, 0.25) is 0 Å². The number of hydrogen-bond donors (Lipinski definition) is 0. The fourth-order valence-corrected chi connectivity index (χ4v) is 4.68. The van der Waals surface area contributed by atoms with Crippen LogP contribution >= 0.6 is 11.8 Å². The van der Waals surface area contributed by atoms with Crippen LogP contribution in [-0.2, 0) is 4.79 Å². The molecule has 2 aliphatic rings. The van der Waals surface area contributed by atoms with Crippen LogP contribution in [0, 0.1) is 0 Å². The minimum Gasteiger partial charge on any atom is -0.297 e. The Bertz CT molecular complexity index is 371. The van der Waals surface area contributed by atoms with Gasteiger partial charge in [-0.25, -0.2) is 4.79 Å². The summed E-state index contributed by atoms with van der Waals surface area (Å²) >= 11 is 1.68. The smallest absolute Gasteiger partial charge is 0.297 e. The second-order valence-corrected chi connectivity index (χ2v) is 7.70. The van der Waals surface area contributed by atoms with E-state index in [1.165, 1.54) is 4.90 Å². The van der Waals surface area contributed by atoms with Crippen molar-refractivity contribution in [3.63, 3.8) is 0 Å². The van der Waals surface area contributed by atoms with Gasteiger partial charge in [-0.1, -0.05) is 6.08 Å². The molecule has 5 heteroatoms. The molecule has 0 aromatic rings.